The van der Waals surface area contributed by atoms with Crippen LogP contribution in [0.25, 0.3) is 0 Å². The van der Waals surface area contributed by atoms with Gasteiger partial charge >= 0.3 is 0 Å². The number of amides is 1. The van der Waals surface area contributed by atoms with E-state index in [1.807, 2.05) is 0 Å². The van der Waals surface area contributed by atoms with Crippen molar-refractivity contribution in [2.24, 2.45) is 17.6 Å². The fourth-order valence-electron chi connectivity index (χ4n) is 1.64. The molecule has 0 aromatic heterocycles. The van der Waals surface area contributed by atoms with Crippen molar-refractivity contribution in [2.75, 3.05) is 18.2 Å². The second kappa shape index (κ2) is 3.49. The fraction of sp³-hybridized carbons (Fsp3) is 0.625. The van der Waals surface area contributed by atoms with Crippen LogP contribution in [0.3, 0.4) is 0 Å². The number of fused-ring (bicyclic) bond motifs is 1. The topological polar surface area (TPSA) is 64.4 Å². The zero-order valence-electron chi connectivity index (χ0n) is 7.16. The number of nitrogens with one attached hydrogen (secondary N) is 1. The lowest BCUT2D eigenvalue weighted by molar-refractivity contribution is -0.124. The summed E-state index contributed by atoms with van der Waals surface area (Å²) in [6.45, 7) is 0.422. The summed E-state index contributed by atoms with van der Waals surface area (Å²) < 4.78 is 5.18. The summed E-state index contributed by atoms with van der Waals surface area (Å²) >= 11 is 1.79. The van der Waals surface area contributed by atoms with Crippen LogP contribution in [-0.2, 0) is 9.53 Å². The zero-order valence-corrected chi connectivity index (χ0v) is 7.97. The number of carbonyl (C=O) groups excluding carboxylic acids is 1. The third kappa shape index (κ3) is 1.60. The van der Waals surface area contributed by atoms with E-state index >= 15 is 0 Å². The summed E-state index contributed by atoms with van der Waals surface area (Å²) in [5.41, 5.74) is 6.31. The van der Waals surface area contributed by atoms with Crippen molar-refractivity contribution >= 4 is 17.7 Å². The van der Waals surface area contributed by atoms with Crippen LogP contribution in [0.5, 0.6) is 0 Å². The first-order chi connectivity index (χ1) is 6.29. The van der Waals surface area contributed by atoms with Crippen LogP contribution in [0.1, 0.15) is 0 Å². The largest absolute Gasteiger partial charge is 0.499 e. The first-order valence-corrected chi connectivity index (χ1v) is 5.37. The molecule has 2 aliphatic rings. The molecule has 2 heterocycles. The van der Waals surface area contributed by atoms with E-state index < -0.39 is 0 Å². The monoisotopic (exact) mass is 200 g/mol. The average Bonchev–Trinajstić information content (AvgIpc) is 2.17. The molecule has 1 saturated heterocycles. The number of ether oxygens (including phenoxy) is 1. The Morgan fingerprint density at radius 3 is 3.38 bits per heavy atom. The van der Waals surface area contributed by atoms with Gasteiger partial charge in [-0.2, -0.15) is 0 Å². The normalized spacial score (nSPS) is 32.2. The molecule has 0 radical (unpaired) electrons. The first kappa shape index (κ1) is 8.74. The van der Waals surface area contributed by atoms with E-state index in [4.69, 9.17) is 10.5 Å². The summed E-state index contributed by atoms with van der Waals surface area (Å²) in [6, 6.07) is 0. The molecule has 1 amide bonds. The van der Waals surface area contributed by atoms with Gasteiger partial charge in [0.1, 0.15) is 6.26 Å². The molecule has 0 bridgehead atoms. The van der Waals surface area contributed by atoms with Crippen molar-refractivity contribution in [2.45, 2.75) is 0 Å². The molecule has 2 unspecified atom stereocenters. The number of nitrogens with two attached hydrogens (primary N) is 1. The Balaban J connectivity index is 2.16. The molecule has 0 spiro atoms. The maximum Gasteiger partial charge on any atom is 0.224 e. The van der Waals surface area contributed by atoms with Crippen molar-refractivity contribution in [3.8, 4) is 0 Å². The number of hydrogen-bond donors (Lipinski definition) is 2. The minimum Gasteiger partial charge on any atom is -0.499 e. The van der Waals surface area contributed by atoms with Crippen LogP contribution in [0, 0.1) is 11.8 Å². The molecule has 0 saturated carbocycles. The number of rotatable bonds is 1. The number of thioether (sulfide) groups is 1. The van der Waals surface area contributed by atoms with E-state index in [2.05, 4.69) is 5.32 Å². The van der Waals surface area contributed by atoms with Crippen LogP contribution < -0.4 is 11.1 Å². The maximum atomic E-state index is 11.1. The minimum absolute atomic E-state index is 0.166. The fourth-order valence-corrected chi connectivity index (χ4v) is 2.69. The first-order valence-electron chi connectivity index (χ1n) is 4.21. The van der Waals surface area contributed by atoms with Gasteiger partial charge in [0.25, 0.3) is 0 Å². The molecule has 1 fully saturated rings. The number of hydrogen-bond acceptors (Lipinski definition) is 4. The van der Waals surface area contributed by atoms with Crippen LogP contribution in [0.2, 0.25) is 0 Å². The Bertz CT molecular complexity index is 255. The van der Waals surface area contributed by atoms with Gasteiger partial charge in [-0.25, -0.2) is 0 Å². The van der Waals surface area contributed by atoms with Crippen molar-refractivity contribution in [3.05, 3.63) is 12.0 Å². The number of primary amides is 1. The highest BCUT2D eigenvalue weighted by Gasteiger charge is 2.34. The molecular formula is C8H12N2O2S. The Labute approximate surface area is 80.9 Å². The van der Waals surface area contributed by atoms with Crippen molar-refractivity contribution in [1.29, 1.82) is 0 Å². The zero-order chi connectivity index (χ0) is 9.26. The minimum atomic E-state index is -0.264. The number of allylic oxidation sites excluding steroid dienone is 1. The van der Waals surface area contributed by atoms with Crippen molar-refractivity contribution < 1.29 is 9.53 Å². The average molecular weight is 200 g/mol. The molecule has 5 heteroatoms. The molecule has 0 aromatic carbocycles. The Kier molecular flexibility index (Phi) is 2.35. The van der Waals surface area contributed by atoms with Crippen molar-refractivity contribution in [1.82, 2.24) is 5.32 Å². The van der Waals surface area contributed by atoms with Crippen LogP contribution in [0.15, 0.2) is 12.0 Å². The third-order valence-corrected chi connectivity index (χ3v) is 3.36. The SMILES string of the molecule is NC(=O)C1COC=C2NCSCC21. The predicted octanol–water partition coefficient (Wildman–Crippen LogP) is -0.130. The van der Waals surface area contributed by atoms with Gasteiger partial charge in [-0.15, -0.1) is 11.8 Å². The molecule has 72 valence electrons. The van der Waals surface area contributed by atoms with Crippen LogP contribution >= 0.6 is 11.8 Å². The second-order valence-electron chi connectivity index (χ2n) is 3.21. The molecule has 4 nitrogen and oxygen atoms in total. The highest BCUT2D eigenvalue weighted by Crippen LogP contribution is 2.30. The summed E-state index contributed by atoms with van der Waals surface area (Å²) in [5.74, 6) is 1.64. The van der Waals surface area contributed by atoms with E-state index in [9.17, 15) is 4.79 Å². The van der Waals surface area contributed by atoms with Crippen LogP contribution in [0.4, 0.5) is 0 Å². The van der Waals surface area contributed by atoms with E-state index in [0.717, 1.165) is 17.3 Å². The van der Waals surface area contributed by atoms with Gasteiger partial charge in [0.15, 0.2) is 0 Å². The van der Waals surface area contributed by atoms with Gasteiger partial charge < -0.3 is 15.8 Å². The molecule has 2 atom stereocenters. The van der Waals surface area contributed by atoms with Gasteiger partial charge in [-0.1, -0.05) is 0 Å². The molecule has 2 rings (SSSR count). The van der Waals surface area contributed by atoms with Gasteiger partial charge in [-0.05, 0) is 0 Å². The highest BCUT2D eigenvalue weighted by molar-refractivity contribution is 7.99. The summed E-state index contributed by atoms with van der Waals surface area (Å²) in [5, 5.41) is 3.20. The van der Waals surface area contributed by atoms with Gasteiger partial charge in [0.05, 0.1) is 24.1 Å². The maximum absolute atomic E-state index is 11.1. The molecule has 0 aromatic rings. The Hall–Kier alpha value is -0.840. The lowest BCUT2D eigenvalue weighted by Gasteiger charge is -2.34. The second-order valence-corrected chi connectivity index (χ2v) is 4.24. The van der Waals surface area contributed by atoms with E-state index in [-0.39, 0.29) is 17.7 Å². The van der Waals surface area contributed by atoms with Gasteiger partial charge in [0.2, 0.25) is 5.91 Å². The summed E-state index contributed by atoms with van der Waals surface area (Å²) in [6.07, 6.45) is 1.71. The summed E-state index contributed by atoms with van der Waals surface area (Å²) in [4.78, 5) is 11.1. The molecule has 3 N–H and O–H groups in total. The van der Waals surface area contributed by atoms with E-state index in [0.29, 0.717) is 6.61 Å². The van der Waals surface area contributed by atoms with E-state index in [1.54, 1.807) is 18.0 Å². The number of carbonyl (C=O) groups is 1. The molecular weight excluding hydrogens is 188 g/mol. The smallest absolute Gasteiger partial charge is 0.224 e. The van der Waals surface area contributed by atoms with Gasteiger partial charge in [-0.3, -0.25) is 4.79 Å². The quantitative estimate of drug-likeness (QED) is 0.619. The van der Waals surface area contributed by atoms with Crippen LogP contribution in [-0.4, -0.2) is 24.1 Å². The van der Waals surface area contributed by atoms with E-state index in [1.165, 1.54) is 0 Å². The Morgan fingerprint density at radius 2 is 2.62 bits per heavy atom. The Morgan fingerprint density at radius 1 is 1.77 bits per heavy atom. The van der Waals surface area contributed by atoms with Crippen molar-refractivity contribution in [3.63, 3.8) is 0 Å². The molecule has 13 heavy (non-hydrogen) atoms. The third-order valence-electron chi connectivity index (χ3n) is 2.41. The predicted molar refractivity (Wildman–Crippen MR) is 50.7 cm³/mol. The standard InChI is InChI=1S/C8H12N2O2S/c9-8(11)5-1-12-2-7-6(5)3-13-4-10-7/h2,5-6,10H,1,3-4H2,(H2,9,11). The lowest BCUT2D eigenvalue weighted by atomic mass is 9.90. The molecule has 2 aliphatic heterocycles. The summed E-state index contributed by atoms with van der Waals surface area (Å²) in [7, 11) is 0. The van der Waals surface area contributed by atoms with Gasteiger partial charge in [0, 0.05) is 11.7 Å². The molecule has 0 aliphatic carbocycles. The lowest BCUT2D eigenvalue weighted by Crippen LogP contribution is -2.43. The highest BCUT2D eigenvalue weighted by atomic mass is 32.2.